The average molecular weight is 345 g/mol. The smallest absolute Gasteiger partial charge is 0.0435 e. The second-order valence-corrected chi connectivity index (χ2v) is 7.05. The Labute approximate surface area is 137 Å². The van der Waals surface area contributed by atoms with Crippen LogP contribution in [0.5, 0.6) is 0 Å². The van der Waals surface area contributed by atoms with Gasteiger partial charge in [0.25, 0.3) is 0 Å². The molecule has 2 aromatic carbocycles. The molecule has 0 nitrogen and oxygen atoms in total. The summed E-state index contributed by atoms with van der Waals surface area (Å²) >= 11 is 3.86. The molecule has 0 aliphatic rings. The Morgan fingerprint density at radius 1 is 1.00 bits per heavy atom. The number of hydrogen-bond acceptors (Lipinski definition) is 0. The molecule has 0 amide bonds. The first kappa shape index (κ1) is 16.3. The highest BCUT2D eigenvalue weighted by molar-refractivity contribution is 9.09. The van der Waals surface area contributed by atoms with Gasteiger partial charge in [0.05, 0.1) is 0 Å². The molecular weight excluding hydrogens is 320 g/mol. The lowest BCUT2D eigenvalue weighted by Crippen LogP contribution is -1.98. The second kappa shape index (κ2) is 7.79. The van der Waals surface area contributed by atoms with Crippen LogP contribution in [0.2, 0.25) is 0 Å². The average Bonchev–Trinajstić information content (AvgIpc) is 2.49. The highest BCUT2D eigenvalue weighted by atomic mass is 79.9. The van der Waals surface area contributed by atoms with E-state index < -0.39 is 0 Å². The van der Waals surface area contributed by atoms with Crippen LogP contribution in [0.25, 0.3) is 0 Å². The predicted molar refractivity (Wildman–Crippen MR) is 96.3 cm³/mol. The zero-order valence-electron chi connectivity index (χ0n) is 13.3. The summed E-state index contributed by atoms with van der Waals surface area (Å²) < 4.78 is 0. The molecule has 0 saturated heterocycles. The Kier molecular flexibility index (Phi) is 6.05. The SMILES string of the molecule is CCCCc1ccc(C(Br)Cc2cc(C)ccc2C)cc1. The third kappa shape index (κ3) is 4.71. The zero-order valence-corrected chi connectivity index (χ0v) is 14.9. The van der Waals surface area contributed by atoms with E-state index in [0.717, 1.165) is 6.42 Å². The van der Waals surface area contributed by atoms with Crippen molar-refractivity contribution in [3.05, 3.63) is 70.3 Å². The minimum absolute atomic E-state index is 0.387. The van der Waals surface area contributed by atoms with Gasteiger partial charge in [-0.05, 0) is 55.4 Å². The third-order valence-corrected chi connectivity index (χ3v) is 4.92. The fourth-order valence-corrected chi connectivity index (χ4v) is 3.26. The molecule has 0 bridgehead atoms. The van der Waals surface area contributed by atoms with Crippen LogP contribution < -0.4 is 0 Å². The van der Waals surface area contributed by atoms with Crippen molar-refractivity contribution >= 4 is 15.9 Å². The van der Waals surface area contributed by atoms with Crippen LogP contribution in [0, 0.1) is 13.8 Å². The summed E-state index contributed by atoms with van der Waals surface area (Å²) in [6.07, 6.45) is 4.78. The Morgan fingerprint density at radius 3 is 2.38 bits per heavy atom. The number of alkyl halides is 1. The number of halogens is 1. The van der Waals surface area contributed by atoms with Crippen LogP contribution in [-0.2, 0) is 12.8 Å². The maximum absolute atomic E-state index is 3.86. The lowest BCUT2D eigenvalue weighted by atomic mass is 9.97. The van der Waals surface area contributed by atoms with E-state index in [9.17, 15) is 0 Å². The van der Waals surface area contributed by atoms with Gasteiger partial charge >= 0.3 is 0 Å². The standard InChI is InChI=1S/C20H25Br/c1-4-5-6-17-9-11-18(12-10-17)20(21)14-19-13-15(2)7-8-16(19)3/h7-13,20H,4-6,14H2,1-3H3. The van der Waals surface area contributed by atoms with Gasteiger partial charge < -0.3 is 0 Å². The summed E-state index contributed by atoms with van der Waals surface area (Å²) in [5, 5.41) is 0. The minimum atomic E-state index is 0.387. The molecule has 0 aromatic heterocycles. The van der Waals surface area contributed by atoms with Gasteiger partial charge in [0, 0.05) is 4.83 Å². The summed E-state index contributed by atoms with van der Waals surface area (Å²) in [4.78, 5) is 0.387. The third-order valence-electron chi connectivity index (χ3n) is 4.06. The Hall–Kier alpha value is -1.08. The van der Waals surface area contributed by atoms with E-state index in [1.54, 1.807) is 0 Å². The highest BCUT2D eigenvalue weighted by Gasteiger charge is 2.10. The Balaban J connectivity index is 2.05. The summed E-state index contributed by atoms with van der Waals surface area (Å²) in [5.41, 5.74) is 6.98. The van der Waals surface area contributed by atoms with E-state index in [0.29, 0.717) is 4.83 Å². The van der Waals surface area contributed by atoms with Crippen LogP contribution in [0.15, 0.2) is 42.5 Å². The molecular formula is C20H25Br. The van der Waals surface area contributed by atoms with E-state index in [4.69, 9.17) is 0 Å². The minimum Gasteiger partial charge on any atom is -0.0835 e. The van der Waals surface area contributed by atoms with E-state index in [-0.39, 0.29) is 0 Å². The van der Waals surface area contributed by atoms with Crippen LogP contribution in [0.4, 0.5) is 0 Å². The highest BCUT2D eigenvalue weighted by Crippen LogP contribution is 2.29. The number of aryl methyl sites for hydroxylation is 3. The van der Waals surface area contributed by atoms with E-state index in [1.807, 2.05) is 0 Å². The normalized spacial score (nSPS) is 12.4. The molecule has 2 aromatic rings. The van der Waals surface area contributed by atoms with E-state index in [2.05, 4.69) is 79.2 Å². The van der Waals surface area contributed by atoms with Gasteiger partial charge in [-0.15, -0.1) is 0 Å². The molecule has 1 heteroatoms. The zero-order chi connectivity index (χ0) is 15.2. The summed E-state index contributed by atoms with van der Waals surface area (Å²) in [6, 6.07) is 15.8. The van der Waals surface area contributed by atoms with E-state index >= 15 is 0 Å². The fourth-order valence-electron chi connectivity index (χ4n) is 2.61. The molecule has 0 aliphatic carbocycles. The molecule has 0 spiro atoms. The number of unbranched alkanes of at least 4 members (excludes halogenated alkanes) is 1. The van der Waals surface area contributed by atoms with E-state index in [1.165, 1.54) is 47.1 Å². The fraction of sp³-hybridized carbons (Fsp3) is 0.400. The molecule has 0 fully saturated rings. The van der Waals surface area contributed by atoms with Crippen LogP contribution in [0.1, 0.15) is 52.4 Å². The van der Waals surface area contributed by atoms with Gasteiger partial charge in [-0.25, -0.2) is 0 Å². The molecule has 0 radical (unpaired) electrons. The quantitative estimate of drug-likeness (QED) is 0.537. The Bertz CT molecular complexity index is 569. The molecule has 1 atom stereocenters. The molecule has 0 N–H and O–H groups in total. The number of benzene rings is 2. The van der Waals surface area contributed by atoms with Gasteiger partial charge in [0.1, 0.15) is 0 Å². The molecule has 2 rings (SSSR count). The molecule has 0 saturated carbocycles. The monoisotopic (exact) mass is 344 g/mol. The van der Waals surface area contributed by atoms with Crippen molar-refractivity contribution in [3.8, 4) is 0 Å². The summed E-state index contributed by atoms with van der Waals surface area (Å²) in [7, 11) is 0. The van der Waals surface area contributed by atoms with Gasteiger partial charge in [-0.1, -0.05) is 77.3 Å². The lowest BCUT2D eigenvalue weighted by molar-refractivity contribution is 0.794. The number of rotatable bonds is 6. The maximum Gasteiger partial charge on any atom is 0.0435 e. The molecule has 112 valence electrons. The molecule has 0 heterocycles. The number of hydrogen-bond donors (Lipinski definition) is 0. The predicted octanol–water partition coefficient (Wildman–Crippen LogP) is 6.32. The topological polar surface area (TPSA) is 0 Å². The van der Waals surface area contributed by atoms with Crippen LogP contribution >= 0.6 is 15.9 Å². The summed E-state index contributed by atoms with van der Waals surface area (Å²) in [6.45, 7) is 6.60. The van der Waals surface area contributed by atoms with Gasteiger partial charge in [0.15, 0.2) is 0 Å². The largest absolute Gasteiger partial charge is 0.0835 e. The molecule has 0 aliphatic heterocycles. The maximum atomic E-state index is 3.86. The van der Waals surface area contributed by atoms with Gasteiger partial charge in [-0.3, -0.25) is 0 Å². The van der Waals surface area contributed by atoms with Crippen molar-refractivity contribution < 1.29 is 0 Å². The van der Waals surface area contributed by atoms with Crippen molar-refractivity contribution in [2.24, 2.45) is 0 Å². The Morgan fingerprint density at radius 2 is 1.71 bits per heavy atom. The van der Waals surface area contributed by atoms with Gasteiger partial charge in [0.2, 0.25) is 0 Å². The first-order chi connectivity index (χ1) is 10.1. The molecule has 21 heavy (non-hydrogen) atoms. The van der Waals surface area contributed by atoms with Crippen molar-refractivity contribution in [3.63, 3.8) is 0 Å². The lowest BCUT2D eigenvalue weighted by Gasteiger charge is -2.14. The molecule has 1 unspecified atom stereocenters. The van der Waals surface area contributed by atoms with Crippen LogP contribution in [-0.4, -0.2) is 0 Å². The van der Waals surface area contributed by atoms with Crippen molar-refractivity contribution in [2.45, 2.75) is 51.3 Å². The first-order valence-corrected chi connectivity index (χ1v) is 8.80. The van der Waals surface area contributed by atoms with Crippen LogP contribution in [0.3, 0.4) is 0 Å². The van der Waals surface area contributed by atoms with Gasteiger partial charge in [-0.2, -0.15) is 0 Å². The first-order valence-electron chi connectivity index (χ1n) is 7.89. The second-order valence-electron chi connectivity index (χ2n) is 5.95. The van der Waals surface area contributed by atoms with Crippen molar-refractivity contribution in [1.82, 2.24) is 0 Å². The summed E-state index contributed by atoms with van der Waals surface area (Å²) in [5.74, 6) is 0. The van der Waals surface area contributed by atoms with Crippen molar-refractivity contribution in [2.75, 3.05) is 0 Å². The van der Waals surface area contributed by atoms with Crippen molar-refractivity contribution in [1.29, 1.82) is 0 Å².